The number of nitrogens with one attached hydrogen (secondary N) is 2. The monoisotopic (exact) mass is 304 g/mol. The van der Waals surface area contributed by atoms with Crippen LogP contribution in [-0.2, 0) is 15.7 Å². The zero-order chi connectivity index (χ0) is 15.9. The number of amides is 1. The number of hydrogen-bond donors (Lipinski definition) is 2. The van der Waals surface area contributed by atoms with Gasteiger partial charge in [-0.3, -0.25) is 4.79 Å². The Morgan fingerprint density at radius 1 is 1.33 bits per heavy atom. The van der Waals surface area contributed by atoms with E-state index in [1.807, 2.05) is 0 Å². The molecule has 7 heteroatoms. The van der Waals surface area contributed by atoms with Gasteiger partial charge in [-0.2, -0.15) is 13.2 Å². The van der Waals surface area contributed by atoms with Gasteiger partial charge >= 0.3 is 6.18 Å². The number of para-hydroxylation sites is 1. The fraction of sp³-hybridized carbons (Fsp3) is 0.500. The summed E-state index contributed by atoms with van der Waals surface area (Å²) in [6.07, 6.45) is -3.81. The van der Waals surface area contributed by atoms with Crippen LogP contribution in [0.4, 0.5) is 18.9 Å². The van der Waals surface area contributed by atoms with Crippen LogP contribution in [-0.4, -0.2) is 32.2 Å². The molecule has 21 heavy (non-hydrogen) atoms. The molecule has 4 nitrogen and oxygen atoms in total. The molecule has 0 saturated carbocycles. The number of hydrogen-bond acceptors (Lipinski definition) is 3. The largest absolute Gasteiger partial charge is 0.418 e. The van der Waals surface area contributed by atoms with Crippen LogP contribution in [0.15, 0.2) is 24.3 Å². The molecule has 0 spiro atoms. The van der Waals surface area contributed by atoms with E-state index in [4.69, 9.17) is 4.74 Å². The highest BCUT2D eigenvalue weighted by Crippen LogP contribution is 2.34. The average molecular weight is 304 g/mol. The smallest absolute Gasteiger partial charge is 0.385 e. The van der Waals surface area contributed by atoms with E-state index in [-0.39, 0.29) is 11.6 Å². The van der Waals surface area contributed by atoms with Crippen molar-refractivity contribution < 1.29 is 22.7 Å². The van der Waals surface area contributed by atoms with Gasteiger partial charge in [-0.1, -0.05) is 12.1 Å². The fourth-order valence-corrected chi connectivity index (χ4v) is 1.74. The standard InChI is InChI=1S/C14H19F3N2O2/c1-10(13(20)18-8-5-9-21-2)19-12-7-4-3-6-11(12)14(15,16)17/h3-4,6-7,10,19H,5,8-9H2,1-2H3,(H,18,20). The van der Waals surface area contributed by atoms with E-state index in [2.05, 4.69) is 10.6 Å². The van der Waals surface area contributed by atoms with Crippen molar-refractivity contribution in [2.24, 2.45) is 0 Å². The number of ether oxygens (including phenoxy) is 1. The van der Waals surface area contributed by atoms with Crippen LogP contribution in [0.3, 0.4) is 0 Å². The third-order valence-corrected chi connectivity index (χ3v) is 2.82. The maximum Gasteiger partial charge on any atom is 0.418 e. The van der Waals surface area contributed by atoms with Gasteiger partial charge in [0, 0.05) is 25.9 Å². The summed E-state index contributed by atoms with van der Waals surface area (Å²) in [7, 11) is 1.56. The van der Waals surface area contributed by atoms with E-state index in [0.717, 1.165) is 6.07 Å². The van der Waals surface area contributed by atoms with Gasteiger partial charge in [0.25, 0.3) is 0 Å². The number of halogens is 3. The summed E-state index contributed by atoms with van der Waals surface area (Å²) >= 11 is 0. The molecular formula is C14H19F3N2O2. The maximum atomic E-state index is 12.8. The van der Waals surface area contributed by atoms with E-state index >= 15 is 0 Å². The number of alkyl halides is 3. The molecule has 0 aliphatic rings. The van der Waals surface area contributed by atoms with Gasteiger partial charge < -0.3 is 15.4 Å². The van der Waals surface area contributed by atoms with Crippen molar-refractivity contribution in [2.45, 2.75) is 25.6 Å². The highest BCUT2D eigenvalue weighted by Gasteiger charge is 2.33. The van der Waals surface area contributed by atoms with E-state index < -0.39 is 17.8 Å². The number of carbonyl (C=O) groups excluding carboxylic acids is 1. The molecule has 0 radical (unpaired) electrons. The predicted molar refractivity (Wildman–Crippen MR) is 74.0 cm³/mol. The van der Waals surface area contributed by atoms with Crippen LogP contribution in [0.5, 0.6) is 0 Å². The van der Waals surface area contributed by atoms with Crippen molar-refractivity contribution in [2.75, 3.05) is 25.6 Å². The van der Waals surface area contributed by atoms with Crippen molar-refractivity contribution in [1.29, 1.82) is 0 Å². The van der Waals surface area contributed by atoms with Crippen molar-refractivity contribution in [3.8, 4) is 0 Å². The zero-order valence-corrected chi connectivity index (χ0v) is 12.0. The summed E-state index contributed by atoms with van der Waals surface area (Å²) in [4.78, 5) is 11.8. The summed E-state index contributed by atoms with van der Waals surface area (Å²) in [5.41, 5.74) is -0.895. The van der Waals surface area contributed by atoms with E-state index in [1.165, 1.54) is 25.1 Å². The lowest BCUT2D eigenvalue weighted by molar-refractivity contribution is -0.137. The molecule has 2 N–H and O–H groups in total. The Morgan fingerprint density at radius 3 is 2.62 bits per heavy atom. The topological polar surface area (TPSA) is 50.4 Å². The van der Waals surface area contributed by atoms with Gasteiger partial charge in [-0.25, -0.2) is 0 Å². The Morgan fingerprint density at radius 2 is 2.00 bits per heavy atom. The number of methoxy groups -OCH3 is 1. The van der Waals surface area contributed by atoms with Gasteiger partial charge in [0.2, 0.25) is 5.91 Å². The van der Waals surface area contributed by atoms with Gasteiger partial charge in [0.05, 0.1) is 5.56 Å². The second-order valence-corrected chi connectivity index (χ2v) is 4.55. The van der Waals surface area contributed by atoms with Gasteiger partial charge in [-0.05, 0) is 25.5 Å². The lowest BCUT2D eigenvalue weighted by Gasteiger charge is -2.19. The molecular weight excluding hydrogens is 285 g/mol. The molecule has 0 aliphatic carbocycles. The minimum absolute atomic E-state index is 0.107. The minimum atomic E-state index is -4.46. The normalized spacial score (nSPS) is 12.8. The minimum Gasteiger partial charge on any atom is -0.385 e. The van der Waals surface area contributed by atoms with Gasteiger partial charge in [0.1, 0.15) is 6.04 Å². The van der Waals surface area contributed by atoms with Crippen LogP contribution >= 0.6 is 0 Å². The number of benzene rings is 1. The summed E-state index contributed by atoms with van der Waals surface area (Å²) in [6.45, 7) is 2.44. The van der Waals surface area contributed by atoms with Crippen molar-refractivity contribution in [3.05, 3.63) is 29.8 Å². The Labute approximate surface area is 121 Å². The molecule has 1 aromatic carbocycles. The zero-order valence-electron chi connectivity index (χ0n) is 12.0. The molecule has 1 amide bonds. The summed E-state index contributed by atoms with van der Waals surface area (Å²) < 4.78 is 43.3. The number of rotatable bonds is 7. The first-order valence-corrected chi connectivity index (χ1v) is 6.55. The molecule has 0 fully saturated rings. The quantitative estimate of drug-likeness (QED) is 0.762. The van der Waals surface area contributed by atoms with Crippen LogP contribution in [0.2, 0.25) is 0 Å². The highest BCUT2D eigenvalue weighted by atomic mass is 19.4. The Bertz CT molecular complexity index is 464. The number of carbonyl (C=O) groups is 1. The second-order valence-electron chi connectivity index (χ2n) is 4.55. The molecule has 0 heterocycles. The fourth-order valence-electron chi connectivity index (χ4n) is 1.74. The summed E-state index contributed by atoms with van der Waals surface area (Å²) in [5.74, 6) is -0.358. The molecule has 1 unspecified atom stereocenters. The third kappa shape index (κ3) is 5.63. The third-order valence-electron chi connectivity index (χ3n) is 2.82. The first-order valence-electron chi connectivity index (χ1n) is 6.55. The van der Waals surface area contributed by atoms with Crippen LogP contribution in [0, 0.1) is 0 Å². The van der Waals surface area contributed by atoms with E-state index in [9.17, 15) is 18.0 Å². The molecule has 1 rings (SSSR count). The van der Waals surface area contributed by atoms with Gasteiger partial charge in [0.15, 0.2) is 0 Å². The predicted octanol–water partition coefficient (Wildman–Crippen LogP) is 2.66. The average Bonchev–Trinajstić information content (AvgIpc) is 2.42. The van der Waals surface area contributed by atoms with E-state index in [1.54, 1.807) is 7.11 Å². The SMILES string of the molecule is COCCCNC(=O)C(C)Nc1ccccc1C(F)(F)F. The Hall–Kier alpha value is -1.76. The maximum absolute atomic E-state index is 12.8. The van der Waals surface area contributed by atoms with Crippen LogP contribution in [0.1, 0.15) is 18.9 Å². The molecule has 1 atom stereocenters. The van der Waals surface area contributed by atoms with Gasteiger partial charge in [-0.15, -0.1) is 0 Å². The second kappa shape index (κ2) is 7.87. The van der Waals surface area contributed by atoms with Crippen molar-refractivity contribution in [3.63, 3.8) is 0 Å². The lowest BCUT2D eigenvalue weighted by Crippen LogP contribution is -2.38. The molecule has 1 aromatic rings. The molecule has 0 aromatic heterocycles. The summed E-state index contributed by atoms with van der Waals surface area (Å²) in [5, 5.41) is 5.23. The first-order chi connectivity index (χ1) is 9.86. The van der Waals surface area contributed by atoms with E-state index in [0.29, 0.717) is 19.6 Å². The number of anilines is 1. The van der Waals surface area contributed by atoms with Crippen molar-refractivity contribution >= 4 is 11.6 Å². The van der Waals surface area contributed by atoms with Crippen LogP contribution < -0.4 is 10.6 Å². The summed E-state index contributed by atoms with van der Waals surface area (Å²) in [6, 6.07) is 4.31. The molecule has 0 aliphatic heterocycles. The first kappa shape index (κ1) is 17.3. The van der Waals surface area contributed by atoms with Crippen molar-refractivity contribution in [1.82, 2.24) is 5.32 Å². The Kier molecular flexibility index (Phi) is 6.48. The lowest BCUT2D eigenvalue weighted by atomic mass is 10.1. The molecule has 0 saturated heterocycles. The van der Waals surface area contributed by atoms with Crippen LogP contribution in [0.25, 0.3) is 0 Å². The molecule has 118 valence electrons. The Balaban J connectivity index is 2.62. The molecule has 0 bridgehead atoms. The highest BCUT2D eigenvalue weighted by molar-refractivity contribution is 5.84.